The lowest BCUT2D eigenvalue weighted by Gasteiger charge is -2.18. The van der Waals surface area contributed by atoms with E-state index in [1.54, 1.807) is 36.7 Å². The molecule has 1 amide bonds. The number of fused-ring (bicyclic) bond motifs is 1. The van der Waals surface area contributed by atoms with Crippen molar-refractivity contribution in [2.75, 3.05) is 6.61 Å². The van der Waals surface area contributed by atoms with Gasteiger partial charge in [0.1, 0.15) is 11.5 Å². The maximum atomic E-state index is 14.9. The number of hydrogen-bond donors (Lipinski definition) is 2. The minimum Gasteiger partial charge on any atom is -0.396 e. The maximum absolute atomic E-state index is 14.9. The third-order valence-corrected chi connectivity index (χ3v) is 5.85. The van der Waals surface area contributed by atoms with Crippen molar-refractivity contribution >= 4 is 16.8 Å². The number of benzene rings is 2. The number of aliphatic hydroxyl groups excluding tert-OH is 1. The first kappa shape index (κ1) is 22.6. The van der Waals surface area contributed by atoms with Crippen LogP contribution < -0.4 is 5.32 Å². The molecule has 33 heavy (non-hydrogen) atoms. The second kappa shape index (κ2) is 9.46. The lowest BCUT2D eigenvalue weighted by Crippen LogP contribution is -2.33. The molecule has 6 heteroatoms. The van der Waals surface area contributed by atoms with Crippen LogP contribution in [-0.4, -0.2) is 33.6 Å². The van der Waals surface area contributed by atoms with Crippen LogP contribution in [0.1, 0.15) is 35.0 Å². The molecule has 0 unspecified atom stereocenters. The largest absolute Gasteiger partial charge is 0.396 e. The highest BCUT2D eigenvalue weighted by atomic mass is 19.1. The lowest BCUT2D eigenvalue weighted by atomic mass is 9.89. The van der Waals surface area contributed by atoms with Gasteiger partial charge in [-0.05, 0) is 85.3 Å². The molecule has 2 heterocycles. The number of aryl methyl sites for hydroxylation is 2. The molecule has 4 rings (SSSR count). The summed E-state index contributed by atoms with van der Waals surface area (Å²) in [5, 5.41) is 12.8. The van der Waals surface area contributed by atoms with E-state index < -0.39 is 0 Å². The van der Waals surface area contributed by atoms with Gasteiger partial charge in [-0.15, -0.1) is 0 Å². The molecule has 4 aromatic rings. The van der Waals surface area contributed by atoms with Crippen molar-refractivity contribution < 1.29 is 14.3 Å². The summed E-state index contributed by atoms with van der Waals surface area (Å²) in [6.07, 6.45) is 3.93. The van der Waals surface area contributed by atoms with Crippen molar-refractivity contribution in [3.8, 4) is 22.3 Å². The van der Waals surface area contributed by atoms with Crippen molar-refractivity contribution in [2.24, 2.45) is 0 Å². The molecule has 0 spiro atoms. The Morgan fingerprint density at radius 1 is 1.09 bits per heavy atom. The molecule has 0 saturated carbocycles. The zero-order valence-electron chi connectivity index (χ0n) is 18.9. The first-order valence-corrected chi connectivity index (χ1v) is 10.9. The van der Waals surface area contributed by atoms with Crippen LogP contribution in [0.15, 0.2) is 60.9 Å². The van der Waals surface area contributed by atoms with Crippen LogP contribution in [0, 0.1) is 19.7 Å². The zero-order chi connectivity index (χ0) is 23.5. The Morgan fingerprint density at radius 2 is 1.82 bits per heavy atom. The van der Waals surface area contributed by atoms with Gasteiger partial charge in [0.25, 0.3) is 5.91 Å². The summed E-state index contributed by atoms with van der Waals surface area (Å²) in [5.74, 6) is -0.723. The number of amides is 1. The number of halogens is 1. The van der Waals surface area contributed by atoms with Crippen LogP contribution in [-0.2, 0) is 0 Å². The number of pyridine rings is 2. The second-order valence-corrected chi connectivity index (χ2v) is 8.25. The summed E-state index contributed by atoms with van der Waals surface area (Å²) >= 11 is 0. The predicted molar refractivity (Wildman–Crippen MR) is 128 cm³/mol. The van der Waals surface area contributed by atoms with Crippen molar-refractivity contribution in [1.29, 1.82) is 0 Å². The van der Waals surface area contributed by atoms with Gasteiger partial charge in [0, 0.05) is 36.0 Å². The van der Waals surface area contributed by atoms with E-state index in [1.807, 2.05) is 39.0 Å². The Kier molecular flexibility index (Phi) is 6.47. The van der Waals surface area contributed by atoms with Gasteiger partial charge in [-0.1, -0.05) is 18.2 Å². The van der Waals surface area contributed by atoms with E-state index in [1.165, 1.54) is 6.07 Å². The van der Waals surface area contributed by atoms with Gasteiger partial charge in [-0.3, -0.25) is 9.78 Å². The zero-order valence-corrected chi connectivity index (χ0v) is 18.9. The number of rotatable bonds is 6. The Bertz CT molecular complexity index is 1320. The summed E-state index contributed by atoms with van der Waals surface area (Å²) in [6.45, 7) is 5.80. The molecular weight excluding hydrogens is 417 g/mol. The monoisotopic (exact) mass is 443 g/mol. The maximum Gasteiger partial charge on any atom is 0.270 e. The number of carbonyl (C=O) groups is 1. The van der Waals surface area contributed by atoms with Gasteiger partial charge < -0.3 is 10.4 Å². The molecule has 0 fully saturated rings. The highest BCUT2D eigenvalue weighted by Gasteiger charge is 2.20. The van der Waals surface area contributed by atoms with E-state index in [4.69, 9.17) is 5.11 Å². The van der Waals surface area contributed by atoms with Crippen molar-refractivity contribution in [2.45, 2.75) is 33.2 Å². The minimum absolute atomic E-state index is 0.0246. The van der Waals surface area contributed by atoms with Crippen LogP contribution in [0.2, 0.25) is 0 Å². The van der Waals surface area contributed by atoms with E-state index in [0.717, 1.165) is 27.6 Å². The van der Waals surface area contributed by atoms with Gasteiger partial charge in [0.2, 0.25) is 0 Å². The summed E-state index contributed by atoms with van der Waals surface area (Å²) in [5.41, 5.74) is 5.89. The molecule has 0 aliphatic carbocycles. The highest BCUT2D eigenvalue weighted by molar-refractivity contribution is 6.05. The average Bonchev–Trinajstić information content (AvgIpc) is 2.79. The molecule has 0 bridgehead atoms. The second-order valence-electron chi connectivity index (χ2n) is 8.25. The van der Waals surface area contributed by atoms with Crippen molar-refractivity contribution in [1.82, 2.24) is 15.3 Å². The van der Waals surface area contributed by atoms with Crippen molar-refractivity contribution in [3.63, 3.8) is 0 Å². The van der Waals surface area contributed by atoms with Crippen molar-refractivity contribution in [3.05, 3.63) is 83.6 Å². The molecule has 5 nitrogen and oxygen atoms in total. The Balaban J connectivity index is 1.99. The number of nitrogens with one attached hydrogen (secondary N) is 1. The summed E-state index contributed by atoms with van der Waals surface area (Å²) < 4.78 is 14.9. The normalized spacial score (nSPS) is 12.0. The molecule has 168 valence electrons. The van der Waals surface area contributed by atoms with Crippen LogP contribution >= 0.6 is 0 Å². The van der Waals surface area contributed by atoms with Gasteiger partial charge >= 0.3 is 0 Å². The third-order valence-electron chi connectivity index (χ3n) is 5.85. The molecular formula is C27H26FN3O2. The minimum atomic E-state index is -0.365. The van der Waals surface area contributed by atoms with Gasteiger partial charge in [0.15, 0.2) is 0 Å². The molecule has 0 radical (unpaired) electrons. The van der Waals surface area contributed by atoms with Gasteiger partial charge in [-0.2, -0.15) is 0 Å². The first-order chi connectivity index (χ1) is 15.9. The van der Waals surface area contributed by atoms with E-state index in [-0.39, 0.29) is 30.1 Å². The van der Waals surface area contributed by atoms with Gasteiger partial charge in [-0.25, -0.2) is 9.37 Å². The topological polar surface area (TPSA) is 75.1 Å². The standard InChI is InChI=1S/C27H26FN3O2/c1-16-14-23-26(18(3)25(16)19-8-11-29-12-9-19)21(20-6-4-5-7-22(20)28)15-24(31-23)27(33)30-17(2)10-13-32/h4-9,11-12,14-15,17,32H,10,13H2,1-3H3,(H,30,33)/t17-/m1/s1. The Hall–Kier alpha value is -3.64. The van der Waals surface area contributed by atoms with Gasteiger partial charge in [0.05, 0.1) is 5.52 Å². The fraction of sp³-hybridized carbons (Fsp3) is 0.222. The third kappa shape index (κ3) is 4.47. The fourth-order valence-corrected chi connectivity index (χ4v) is 4.30. The van der Waals surface area contributed by atoms with E-state index in [9.17, 15) is 9.18 Å². The lowest BCUT2D eigenvalue weighted by molar-refractivity contribution is 0.0929. The number of hydrogen-bond acceptors (Lipinski definition) is 4. The van der Waals surface area contributed by atoms with Crippen LogP contribution in [0.4, 0.5) is 4.39 Å². The smallest absolute Gasteiger partial charge is 0.270 e. The van der Waals surface area contributed by atoms with E-state index in [2.05, 4.69) is 15.3 Å². The summed E-state index contributed by atoms with van der Waals surface area (Å²) in [6, 6.07) is 13.8. The summed E-state index contributed by atoms with van der Waals surface area (Å²) in [4.78, 5) is 21.7. The molecule has 1 atom stereocenters. The Morgan fingerprint density at radius 3 is 2.52 bits per heavy atom. The van der Waals surface area contributed by atoms with Crippen LogP contribution in [0.3, 0.4) is 0 Å². The fourth-order valence-electron chi connectivity index (χ4n) is 4.30. The molecule has 2 aromatic heterocycles. The highest BCUT2D eigenvalue weighted by Crippen LogP contribution is 2.38. The van der Waals surface area contributed by atoms with Crippen LogP contribution in [0.25, 0.3) is 33.2 Å². The molecule has 0 aliphatic rings. The number of carbonyl (C=O) groups excluding carboxylic acids is 1. The quantitative estimate of drug-likeness (QED) is 0.428. The van der Waals surface area contributed by atoms with E-state index in [0.29, 0.717) is 23.1 Å². The molecule has 0 saturated heterocycles. The Labute approximate surface area is 192 Å². The average molecular weight is 444 g/mol. The number of aromatic nitrogens is 2. The summed E-state index contributed by atoms with van der Waals surface area (Å²) in [7, 11) is 0. The molecule has 2 N–H and O–H groups in total. The van der Waals surface area contributed by atoms with Crippen LogP contribution in [0.5, 0.6) is 0 Å². The first-order valence-electron chi connectivity index (χ1n) is 10.9. The van der Waals surface area contributed by atoms with E-state index >= 15 is 0 Å². The predicted octanol–water partition coefficient (Wildman–Crippen LogP) is 5.22. The number of nitrogens with zero attached hydrogens (tertiary/aromatic N) is 2. The number of aliphatic hydroxyl groups is 1. The SMILES string of the molecule is Cc1cc2nc(C(=O)N[C@H](C)CCO)cc(-c3ccccc3F)c2c(C)c1-c1ccncc1. The molecule has 2 aromatic carbocycles. The molecule has 0 aliphatic heterocycles.